The number of thiazole rings is 1. The molecular weight excluding hydrogens is 310 g/mol. The first kappa shape index (κ1) is 14.8. The molecule has 0 radical (unpaired) electrons. The SMILES string of the molecule is Cc1cnc(N2CCN(Cc3ccc4c(c3)OC(C)O4)CC2)s1. The molecule has 6 heteroatoms. The molecule has 5 nitrogen and oxygen atoms in total. The van der Waals surface area contributed by atoms with Gasteiger partial charge >= 0.3 is 0 Å². The van der Waals surface area contributed by atoms with Crippen molar-refractivity contribution in [3.8, 4) is 11.5 Å². The summed E-state index contributed by atoms with van der Waals surface area (Å²) in [6.07, 6.45) is 1.78. The molecule has 0 saturated carbocycles. The maximum Gasteiger partial charge on any atom is 0.238 e. The fraction of sp³-hybridized carbons (Fsp3) is 0.471. The van der Waals surface area contributed by atoms with Gasteiger partial charge in [-0.2, -0.15) is 0 Å². The molecule has 1 unspecified atom stereocenters. The Labute approximate surface area is 140 Å². The molecule has 3 heterocycles. The van der Waals surface area contributed by atoms with Crippen LogP contribution in [0.4, 0.5) is 5.13 Å². The normalized spacial score (nSPS) is 21.0. The number of fused-ring (bicyclic) bond motifs is 1. The van der Waals surface area contributed by atoms with E-state index in [1.165, 1.54) is 10.4 Å². The summed E-state index contributed by atoms with van der Waals surface area (Å²) in [5.41, 5.74) is 1.28. The highest BCUT2D eigenvalue weighted by atomic mass is 32.1. The molecule has 1 fully saturated rings. The van der Waals surface area contributed by atoms with Crippen molar-refractivity contribution in [1.82, 2.24) is 9.88 Å². The molecule has 1 saturated heterocycles. The molecular formula is C17H21N3O2S. The summed E-state index contributed by atoms with van der Waals surface area (Å²) in [6, 6.07) is 6.26. The zero-order chi connectivity index (χ0) is 15.8. The van der Waals surface area contributed by atoms with Crippen molar-refractivity contribution < 1.29 is 9.47 Å². The average molecular weight is 331 g/mol. The van der Waals surface area contributed by atoms with Gasteiger partial charge in [-0.05, 0) is 24.6 Å². The third-order valence-corrected chi connectivity index (χ3v) is 5.23. The number of benzene rings is 1. The van der Waals surface area contributed by atoms with Crippen LogP contribution in [-0.2, 0) is 6.54 Å². The predicted molar refractivity (Wildman–Crippen MR) is 91.5 cm³/mol. The second kappa shape index (κ2) is 6.02. The zero-order valence-corrected chi connectivity index (χ0v) is 14.3. The Hall–Kier alpha value is -1.79. The molecule has 122 valence electrons. The van der Waals surface area contributed by atoms with Crippen molar-refractivity contribution in [3.63, 3.8) is 0 Å². The molecule has 4 rings (SSSR count). The first-order chi connectivity index (χ1) is 11.2. The standard InChI is InChI=1S/C17H21N3O2S/c1-12-10-18-17(23-12)20-7-5-19(6-8-20)11-14-3-4-15-16(9-14)22-13(2)21-15/h3-4,9-10,13H,5-8,11H2,1-2H3. The van der Waals surface area contributed by atoms with Gasteiger partial charge in [-0.1, -0.05) is 6.07 Å². The maximum atomic E-state index is 5.66. The largest absolute Gasteiger partial charge is 0.451 e. The second-order valence-electron chi connectivity index (χ2n) is 6.10. The molecule has 2 aliphatic heterocycles. The van der Waals surface area contributed by atoms with Crippen LogP contribution in [0.5, 0.6) is 11.5 Å². The summed E-state index contributed by atoms with van der Waals surface area (Å²) < 4.78 is 11.2. The molecule has 0 amide bonds. The summed E-state index contributed by atoms with van der Waals surface area (Å²) in [6.45, 7) is 9.17. The fourth-order valence-corrected chi connectivity index (χ4v) is 3.88. The zero-order valence-electron chi connectivity index (χ0n) is 13.5. The molecule has 1 aromatic heterocycles. The number of ether oxygens (including phenoxy) is 2. The third kappa shape index (κ3) is 3.14. The van der Waals surface area contributed by atoms with Crippen LogP contribution in [0.25, 0.3) is 0 Å². The lowest BCUT2D eigenvalue weighted by molar-refractivity contribution is 0.0678. The minimum atomic E-state index is -0.175. The Morgan fingerprint density at radius 3 is 2.70 bits per heavy atom. The van der Waals surface area contributed by atoms with E-state index in [1.807, 2.05) is 19.2 Å². The average Bonchev–Trinajstić information content (AvgIpc) is 3.12. The van der Waals surface area contributed by atoms with Gasteiger partial charge in [-0.25, -0.2) is 4.98 Å². The smallest absolute Gasteiger partial charge is 0.238 e. The van der Waals surface area contributed by atoms with Crippen LogP contribution in [0.15, 0.2) is 24.4 Å². The minimum absolute atomic E-state index is 0.175. The fourth-order valence-electron chi connectivity index (χ4n) is 3.07. The van der Waals surface area contributed by atoms with Crippen LogP contribution in [0, 0.1) is 6.92 Å². The first-order valence-electron chi connectivity index (χ1n) is 8.03. The highest BCUT2D eigenvalue weighted by Gasteiger charge is 2.22. The lowest BCUT2D eigenvalue weighted by Crippen LogP contribution is -2.45. The van der Waals surface area contributed by atoms with Gasteiger partial charge < -0.3 is 14.4 Å². The molecule has 0 N–H and O–H groups in total. The van der Waals surface area contributed by atoms with Crippen molar-refractivity contribution in [2.45, 2.75) is 26.7 Å². The van der Waals surface area contributed by atoms with E-state index in [0.29, 0.717) is 0 Å². The molecule has 0 aliphatic carbocycles. The number of anilines is 1. The van der Waals surface area contributed by atoms with Crippen LogP contribution in [0.2, 0.25) is 0 Å². The highest BCUT2D eigenvalue weighted by Crippen LogP contribution is 2.35. The summed E-state index contributed by atoms with van der Waals surface area (Å²) in [5, 5.41) is 1.15. The Bertz CT molecular complexity index is 695. The van der Waals surface area contributed by atoms with Crippen molar-refractivity contribution in [2.75, 3.05) is 31.1 Å². The van der Waals surface area contributed by atoms with Gasteiger partial charge in [0.05, 0.1) is 0 Å². The van der Waals surface area contributed by atoms with Crippen molar-refractivity contribution in [3.05, 3.63) is 34.8 Å². The highest BCUT2D eigenvalue weighted by molar-refractivity contribution is 7.15. The summed E-state index contributed by atoms with van der Waals surface area (Å²) in [7, 11) is 0. The molecule has 2 aromatic rings. The summed E-state index contributed by atoms with van der Waals surface area (Å²) in [4.78, 5) is 10.6. The van der Waals surface area contributed by atoms with Crippen LogP contribution >= 0.6 is 11.3 Å². The van der Waals surface area contributed by atoms with Gasteiger partial charge in [0.1, 0.15) is 0 Å². The lowest BCUT2D eigenvalue weighted by Gasteiger charge is -2.34. The van der Waals surface area contributed by atoms with Crippen molar-refractivity contribution >= 4 is 16.5 Å². The predicted octanol–water partition coefficient (Wildman–Crippen LogP) is 2.89. The van der Waals surface area contributed by atoms with Crippen LogP contribution < -0.4 is 14.4 Å². The van der Waals surface area contributed by atoms with Crippen molar-refractivity contribution in [2.24, 2.45) is 0 Å². The maximum absolute atomic E-state index is 5.66. The topological polar surface area (TPSA) is 37.8 Å². The van der Waals surface area contributed by atoms with Crippen LogP contribution in [0.1, 0.15) is 17.4 Å². The number of aromatic nitrogens is 1. The van der Waals surface area contributed by atoms with E-state index in [1.54, 1.807) is 11.3 Å². The van der Waals surface area contributed by atoms with E-state index < -0.39 is 0 Å². The second-order valence-corrected chi connectivity index (χ2v) is 7.31. The Morgan fingerprint density at radius 1 is 1.17 bits per heavy atom. The number of nitrogens with zero attached hydrogens (tertiary/aromatic N) is 3. The van der Waals surface area contributed by atoms with Crippen LogP contribution in [0.3, 0.4) is 0 Å². The molecule has 1 atom stereocenters. The quantitative estimate of drug-likeness (QED) is 0.864. The Kier molecular flexibility index (Phi) is 3.87. The molecule has 1 aromatic carbocycles. The van der Waals surface area contributed by atoms with E-state index in [4.69, 9.17) is 9.47 Å². The van der Waals surface area contributed by atoms with E-state index in [9.17, 15) is 0 Å². The summed E-state index contributed by atoms with van der Waals surface area (Å²) in [5.74, 6) is 1.72. The Morgan fingerprint density at radius 2 is 1.96 bits per heavy atom. The number of aryl methyl sites for hydroxylation is 1. The van der Waals surface area contributed by atoms with Gasteiger partial charge in [-0.3, -0.25) is 4.90 Å². The van der Waals surface area contributed by atoms with E-state index in [-0.39, 0.29) is 6.29 Å². The number of hydrogen-bond donors (Lipinski definition) is 0. The first-order valence-corrected chi connectivity index (χ1v) is 8.85. The number of hydrogen-bond acceptors (Lipinski definition) is 6. The van der Waals surface area contributed by atoms with Gasteiger partial charge in [0.25, 0.3) is 0 Å². The summed E-state index contributed by atoms with van der Waals surface area (Å²) >= 11 is 1.78. The van der Waals surface area contributed by atoms with Gasteiger partial charge in [0.2, 0.25) is 6.29 Å². The number of rotatable bonds is 3. The monoisotopic (exact) mass is 331 g/mol. The van der Waals surface area contributed by atoms with E-state index >= 15 is 0 Å². The Balaban J connectivity index is 1.35. The van der Waals surface area contributed by atoms with E-state index in [0.717, 1.165) is 49.4 Å². The molecule has 0 bridgehead atoms. The van der Waals surface area contributed by atoms with Crippen molar-refractivity contribution in [1.29, 1.82) is 0 Å². The van der Waals surface area contributed by atoms with Gasteiger partial charge in [0.15, 0.2) is 16.6 Å². The molecule has 0 spiro atoms. The minimum Gasteiger partial charge on any atom is -0.451 e. The molecule has 23 heavy (non-hydrogen) atoms. The lowest BCUT2D eigenvalue weighted by atomic mass is 10.1. The van der Waals surface area contributed by atoms with E-state index in [2.05, 4.69) is 33.8 Å². The molecule has 2 aliphatic rings. The van der Waals surface area contributed by atoms with Gasteiger partial charge in [-0.15, -0.1) is 11.3 Å². The number of piperazine rings is 1. The van der Waals surface area contributed by atoms with Crippen LogP contribution in [-0.4, -0.2) is 42.4 Å². The third-order valence-electron chi connectivity index (χ3n) is 4.25. The van der Waals surface area contributed by atoms with Gasteiger partial charge in [0, 0.05) is 50.7 Å².